The molecule has 1 aromatic heterocycles. The molecule has 0 atom stereocenters. The first-order valence-corrected chi connectivity index (χ1v) is 11.8. The molecule has 180 valence electrons. The van der Waals surface area contributed by atoms with E-state index in [1.807, 2.05) is 0 Å². The van der Waals surface area contributed by atoms with Gasteiger partial charge in [0.25, 0.3) is 10.0 Å². The topological polar surface area (TPSA) is 161 Å². The van der Waals surface area contributed by atoms with E-state index < -0.39 is 22.0 Å². The molecule has 0 radical (unpaired) electrons. The van der Waals surface area contributed by atoms with Crippen LogP contribution in [0.1, 0.15) is 20.7 Å². The van der Waals surface area contributed by atoms with E-state index in [4.69, 9.17) is 27.8 Å². The third-order valence-electron chi connectivity index (χ3n) is 4.78. The molecule has 0 aliphatic heterocycles. The summed E-state index contributed by atoms with van der Waals surface area (Å²) in [6.07, 6.45) is 0. The van der Waals surface area contributed by atoms with Crippen molar-refractivity contribution >= 4 is 73.3 Å². The van der Waals surface area contributed by atoms with Gasteiger partial charge in [0.15, 0.2) is 11.0 Å². The summed E-state index contributed by atoms with van der Waals surface area (Å²) in [4.78, 5) is 23.3. The highest BCUT2D eigenvalue weighted by Gasteiger charge is 2.25. The molecule has 1 heterocycles. The van der Waals surface area contributed by atoms with Crippen LogP contribution in [0, 0.1) is 0 Å². The van der Waals surface area contributed by atoms with Crippen LogP contribution < -0.4 is 10.0 Å². The zero-order valence-electron chi connectivity index (χ0n) is 17.6. The van der Waals surface area contributed by atoms with E-state index in [9.17, 15) is 23.1 Å². The predicted molar refractivity (Wildman–Crippen MR) is 127 cm³/mol. The molecule has 11 nitrogen and oxygen atoms in total. The van der Waals surface area contributed by atoms with Crippen molar-refractivity contribution in [3.05, 3.63) is 69.7 Å². The number of carbonyl (C=O) groups excluding carboxylic acids is 1. The maximum Gasteiger partial charge on any atom is 0.339 e. The van der Waals surface area contributed by atoms with E-state index in [0.717, 1.165) is 7.11 Å². The summed E-state index contributed by atoms with van der Waals surface area (Å²) in [5.41, 5.74) is -0.0375. The first kappa shape index (κ1) is 24.3. The third-order valence-corrected chi connectivity index (χ3v) is 6.65. The average Bonchev–Trinajstić information content (AvgIpc) is 3.28. The third kappa shape index (κ3) is 4.85. The van der Waals surface area contributed by atoms with Gasteiger partial charge < -0.3 is 15.2 Å². The number of aromatic carboxylic acids is 1. The second-order valence-corrected chi connectivity index (χ2v) is 9.50. The number of esters is 1. The highest BCUT2D eigenvalue weighted by atomic mass is 35.5. The quantitative estimate of drug-likeness (QED) is 0.285. The van der Waals surface area contributed by atoms with Crippen LogP contribution in [0.25, 0.3) is 11.0 Å². The van der Waals surface area contributed by atoms with Gasteiger partial charge >= 0.3 is 11.9 Å². The summed E-state index contributed by atoms with van der Waals surface area (Å²) in [6.45, 7) is 0. The number of ether oxygens (including phenoxy) is 1. The number of hydrogen-bond donors (Lipinski definition) is 3. The molecule has 4 rings (SSSR count). The van der Waals surface area contributed by atoms with Gasteiger partial charge in [0, 0.05) is 10.0 Å². The maximum atomic E-state index is 13.2. The van der Waals surface area contributed by atoms with Gasteiger partial charge in [-0.2, -0.15) is 0 Å². The van der Waals surface area contributed by atoms with Crippen LogP contribution in [0.3, 0.4) is 0 Å². The fourth-order valence-electron chi connectivity index (χ4n) is 3.20. The van der Waals surface area contributed by atoms with E-state index in [1.54, 1.807) is 0 Å². The molecular formula is C21H14Cl2N4O7S. The van der Waals surface area contributed by atoms with Crippen LogP contribution in [-0.2, 0) is 14.8 Å². The number of benzene rings is 3. The number of hydrogen-bond acceptors (Lipinski definition) is 9. The van der Waals surface area contributed by atoms with E-state index in [-0.39, 0.29) is 54.2 Å². The van der Waals surface area contributed by atoms with Gasteiger partial charge in [-0.05, 0) is 58.8 Å². The fourth-order valence-corrected chi connectivity index (χ4v) is 4.75. The minimum atomic E-state index is -4.33. The molecule has 0 fully saturated rings. The number of carbonyl (C=O) groups is 2. The zero-order valence-corrected chi connectivity index (χ0v) is 19.9. The molecular weight excluding hydrogens is 523 g/mol. The molecule has 4 aromatic rings. The number of anilines is 3. The lowest BCUT2D eigenvalue weighted by molar-refractivity contribution is 0.0601. The summed E-state index contributed by atoms with van der Waals surface area (Å²) in [7, 11) is -3.18. The molecule has 3 aromatic carbocycles. The molecule has 0 unspecified atom stereocenters. The van der Waals surface area contributed by atoms with E-state index in [1.165, 1.54) is 48.5 Å². The molecule has 35 heavy (non-hydrogen) atoms. The lowest BCUT2D eigenvalue weighted by atomic mass is 10.1. The largest absolute Gasteiger partial charge is 0.478 e. The molecule has 0 amide bonds. The molecule has 14 heteroatoms. The van der Waals surface area contributed by atoms with Gasteiger partial charge in [0.05, 0.1) is 35.3 Å². The molecule has 0 spiro atoms. The Morgan fingerprint density at radius 2 is 1.54 bits per heavy atom. The number of rotatable bonds is 7. The Morgan fingerprint density at radius 3 is 2.20 bits per heavy atom. The molecule has 0 saturated carbocycles. The maximum absolute atomic E-state index is 13.2. The fraction of sp³-hybridized carbons (Fsp3) is 0.0476. The number of aromatic nitrogens is 2. The number of nitrogens with one attached hydrogen (secondary N) is 2. The molecule has 0 bridgehead atoms. The Morgan fingerprint density at radius 1 is 0.914 bits per heavy atom. The highest BCUT2D eigenvalue weighted by molar-refractivity contribution is 7.93. The zero-order chi connectivity index (χ0) is 25.3. The monoisotopic (exact) mass is 536 g/mol. The van der Waals surface area contributed by atoms with Crippen LogP contribution in [0.5, 0.6) is 0 Å². The Bertz CT molecular complexity index is 1590. The molecule has 0 saturated heterocycles. The van der Waals surface area contributed by atoms with Gasteiger partial charge in [-0.25, -0.2) is 22.6 Å². The number of fused-ring (bicyclic) bond motifs is 1. The highest BCUT2D eigenvalue weighted by Crippen LogP contribution is 2.33. The molecule has 0 aliphatic carbocycles. The first-order valence-electron chi connectivity index (χ1n) is 9.56. The lowest BCUT2D eigenvalue weighted by Crippen LogP contribution is -2.16. The predicted octanol–water partition coefficient (Wildman–Crippen LogP) is 4.56. The summed E-state index contributed by atoms with van der Waals surface area (Å²) in [5.74, 6) is -1.98. The standard InChI is InChI=1S/C21H14Cl2N4O7S/c1-33-21(30)13-5-3-11(23)9-16(13)27-35(31,32)17-7-6-14(18-19(17)26-34-25-18)24-15-8-10(22)2-4-12(15)20(28)29/h2-9,24,27H,1H3,(H,28,29). The van der Waals surface area contributed by atoms with Gasteiger partial charge in [0.2, 0.25) is 0 Å². The van der Waals surface area contributed by atoms with Gasteiger partial charge in [-0.3, -0.25) is 4.72 Å². The lowest BCUT2D eigenvalue weighted by Gasteiger charge is -2.14. The van der Waals surface area contributed by atoms with Crippen molar-refractivity contribution in [3.63, 3.8) is 0 Å². The van der Waals surface area contributed by atoms with Gasteiger partial charge in [-0.1, -0.05) is 23.2 Å². The van der Waals surface area contributed by atoms with Crippen molar-refractivity contribution in [1.29, 1.82) is 0 Å². The van der Waals surface area contributed by atoms with Gasteiger partial charge in [-0.15, -0.1) is 0 Å². The molecule has 0 aliphatic rings. The number of sulfonamides is 1. The Labute approximate surface area is 207 Å². The summed E-state index contributed by atoms with van der Waals surface area (Å²) < 4.78 is 38.2. The van der Waals surface area contributed by atoms with Crippen molar-refractivity contribution in [3.8, 4) is 0 Å². The SMILES string of the molecule is COC(=O)c1ccc(Cl)cc1NS(=O)(=O)c1ccc(Nc2cc(Cl)ccc2C(=O)O)c2nonc12. The van der Waals surface area contributed by atoms with E-state index >= 15 is 0 Å². The van der Waals surface area contributed by atoms with E-state index in [0.29, 0.717) is 0 Å². The Kier molecular flexibility index (Phi) is 6.52. The van der Waals surface area contributed by atoms with Gasteiger partial charge in [0.1, 0.15) is 4.90 Å². The van der Waals surface area contributed by atoms with Crippen LogP contribution in [0.2, 0.25) is 10.0 Å². The van der Waals surface area contributed by atoms with Crippen LogP contribution in [-0.4, -0.2) is 42.9 Å². The Hall–Kier alpha value is -3.87. The molecule has 3 N–H and O–H groups in total. The Balaban J connectivity index is 1.76. The van der Waals surface area contributed by atoms with Crippen LogP contribution in [0.15, 0.2) is 58.1 Å². The minimum Gasteiger partial charge on any atom is -0.478 e. The van der Waals surface area contributed by atoms with Crippen molar-refractivity contribution in [2.75, 3.05) is 17.1 Å². The van der Waals surface area contributed by atoms with Crippen molar-refractivity contribution in [2.24, 2.45) is 0 Å². The number of nitrogens with zero attached hydrogens (tertiary/aromatic N) is 2. The van der Waals surface area contributed by atoms with Crippen LogP contribution in [0.4, 0.5) is 17.1 Å². The van der Waals surface area contributed by atoms with Crippen LogP contribution >= 0.6 is 23.2 Å². The summed E-state index contributed by atoms with van der Waals surface area (Å²) >= 11 is 12.0. The van der Waals surface area contributed by atoms with E-state index in [2.05, 4.69) is 25.1 Å². The van der Waals surface area contributed by atoms with Crippen molar-refractivity contribution in [1.82, 2.24) is 10.3 Å². The number of halogens is 2. The number of carboxylic acid groups (broad SMARTS) is 1. The second kappa shape index (κ2) is 9.41. The normalized spacial score (nSPS) is 11.3. The summed E-state index contributed by atoms with van der Waals surface area (Å²) in [6, 6.07) is 10.7. The average molecular weight is 537 g/mol. The van der Waals surface area contributed by atoms with Crippen molar-refractivity contribution in [2.45, 2.75) is 4.90 Å². The minimum absolute atomic E-state index is 0.00322. The number of carboxylic acids is 1. The number of methoxy groups -OCH3 is 1. The first-order chi connectivity index (χ1) is 16.6. The smallest absolute Gasteiger partial charge is 0.339 e. The van der Waals surface area contributed by atoms with Crippen molar-refractivity contribution < 1.29 is 32.5 Å². The second-order valence-electron chi connectivity index (χ2n) is 6.98. The summed E-state index contributed by atoms with van der Waals surface area (Å²) in [5, 5.41) is 20.2.